The van der Waals surface area contributed by atoms with Crippen LogP contribution in [0.3, 0.4) is 0 Å². The van der Waals surface area contributed by atoms with Crippen molar-refractivity contribution >= 4 is 52.1 Å². The summed E-state index contributed by atoms with van der Waals surface area (Å²) in [5, 5.41) is 2.55. The summed E-state index contributed by atoms with van der Waals surface area (Å²) >= 11 is 16.4. The van der Waals surface area contributed by atoms with Gasteiger partial charge in [-0.25, -0.2) is 0 Å². The minimum absolute atomic E-state index is 0.620. The monoisotopic (exact) mass is 306 g/mol. The predicted octanol–water partition coefficient (Wildman–Crippen LogP) is 3.60. The van der Waals surface area contributed by atoms with Crippen LogP contribution >= 0.6 is 34.8 Å². The largest absolute Gasteiger partial charge is 0.372 e. The molecule has 0 unspecified atom stereocenters. The molecule has 1 aliphatic heterocycles. The molecule has 6 heteroatoms. The van der Waals surface area contributed by atoms with Gasteiger partial charge in [0.05, 0.1) is 0 Å². The standard InChI is InChI=1S/C12H13Cl3N2O/c13-12(14,15)11(18)16-9-3-5-10(6-4-9)17-7-1-2-8-17/h3-6H,1-2,7-8H2,(H,16,18). The Morgan fingerprint density at radius 2 is 1.67 bits per heavy atom. The molecule has 1 amide bonds. The maximum atomic E-state index is 11.5. The Hall–Kier alpha value is -0.640. The van der Waals surface area contributed by atoms with Crippen LogP contribution < -0.4 is 10.2 Å². The van der Waals surface area contributed by atoms with Gasteiger partial charge in [0.1, 0.15) is 0 Å². The van der Waals surface area contributed by atoms with E-state index >= 15 is 0 Å². The van der Waals surface area contributed by atoms with Crippen molar-refractivity contribution in [1.29, 1.82) is 0 Å². The highest BCUT2D eigenvalue weighted by Crippen LogP contribution is 2.28. The lowest BCUT2D eigenvalue weighted by Gasteiger charge is -2.18. The Bertz CT molecular complexity index is 422. The first-order valence-corrected chi connectivity index (χ1v) is 6.83. The number of alkyl halides is 3. The number of amides is 1. The van der Waals surface area contributed by atoms with Crippen molar-refractivity contribution in [2.45, 2.75) is 16.6 Å². The third-order valence-electron chi connectivity index (χ3n) is 2.85. The fourth-order valence-corrected chi connectivity index (χ4v) is 2.07. The Morgan fingerprint density at radius 1 is 1.11 bits per heavy atom. The molecule has 2 rings (SSSR count). The summed E-state index contributed by atoms with van der Waals surface area (Å²) in [6, 6.07) is 7.53. The third kappa shape index (κ3) is 3.44. The molecule has 1 aromatic rings. The van der Waals surface area contributed by atoms with Crippen molar-refractivity contribution < 1.29 is 4.79 Å². The zero-order chi connectivity index (χ0) is 13.2. The quantitative estimate of drug-likeness (QED) is 0.847. The minimum Gasteiger partial charge on any atom is -0.372 e. The molecule has 0 aromatic heterocycles. The van der Waals surface area contributed by atoms with Gasteiger partial charge in [0.2, 0.25) is 0 Å². The fourth-order valence-electron chi connectivity index (χ4n) is 1.93. The SMILES string of the molecule is O=C(Nc1ccc(N2CCCC2)cc1)C(Cl)(Cl)Cl. The molecule has 1 aliphatic rings. The van der Waals surface area contributed by atoms with E-state index < -0.39 is 9.70 Å². The molecule has 0 bridgehead atoms. The van der Waals surface area contributed by atoms with Crippen LogP contribution in [0.4, 0.5) is 11.4 Å². The molecule has 1 aromatic carbocycles. The number of carbonyl (C=O) groups excluding carboxylic acids is 1. The van der Waals surface area contributed by atoms with Crippen LogP contribution in [0, 0.1) is 0 Å². The van der Waals surface area contributed by atoms with Gasteiger partial charge in [-0.2, -0.15) is 0 Å². The van der Waals surface area contributed by atoms with Crippen molar-refractivity contribution in [1.82, 2.24) is 0 Å². The van der Waals surface area contributed by atoms with Crippen molar-refractivity contribution in [3.05, 3.63) is 24.3 Å². The van der Waals surface area contributed by atoms with E-state index in [0.29, 0.717) is 5.69 Å². The molecule has 0 aliphatic carbocycles. The summed E-state index contributed by atoms with van der Waals surface area (Å²) < 4.78 is -1.94. The normalized spacial score (nSPS) is 15.8. The molecule has 98 valence electrons. The van der Waals surface area contributed by atoms with Gasteiger partial charge in [0.15, 0.2) is 0 Å². The number of halogens is 3. The van der Waals surface area contributed by atoms with Gasteiger partial charge >= 0.3 is 0 Å². The lowest BCUT2D eigenvalue weighted by atomic mass is 10.2. The van der Waals surface area contributed by atoms with Crippen LogP contribution in [0.2, 0.25) is 0 Å². The summed E-state index contributed by atoms with van der Waals surface area (Å²) in [6.07, 6.45) is 2.46. The summed E-state index contributed by atoms with van der Waals surface area (Å²) in [7, 11) is 0. The van der Waals surface area contributed by atoms with E-state index in [1.54, 1.807) is 0 Å². The smallest absolute Gasteiger partial charge is 0.276 e. The molecule has 1 heterocycles. The molecule has 1 fully saturated rings. The average Bonchev–Trinajstić information content (AvgIpc) is 2.82. The van der Waals surface area contributed by atoms with Crippen molar-refractivity contribution in [3.63, 3.8) is 0 Å². The van der Waals surface area contributed by atoms with Crippen LogP contribution in [0.5, 0.6) is 0 Å². The van der Waals surface area contributed by atoms with E-state index in [0.717, 1.165) is 18.8 Å². The first-order chi connectivity index (χ1) is 8.47. The number of nitrogens with one attached hydrogen (secondary N) is 1. The van der Waals surface area contributed by atoms with Crippen LogP contribution in [0.15, 0.2) is 24.3 Å². The fraction of sp³-hybridized carbons (Fsp3) is 0.417. The number of nitrogens with zero attached hydrogens (tertiary/aromatic N) is 1. The molecule has 0 saturated carbocycles. The molecular weight excluding hydrogens is 295 g/mol. The van der Waals surface area contributed by atoms with Gasteiger partial charge in [0, 0.05) is 24.5 Å². The highest BCUT2D eigenvalue weighted by atomic mass is 35.6. The Balaban J connectivity index is 2.01. The number of carbonyl (C=O) groups is 1. The molecule has 0 spiro atoms. The first kappa shape index (κ1) is 13.8. The molecule has 3 nitrogen and oxygen atoms in total. The average molecular weight is 308 g/mol. The number of anilines is 2. The molecule has 0 atom stereocenters. The molecule has 18 heavy (non-hydrogen) atoms. The zero-order valence-electron chi connectivity index (χ0n) is 9.63. The topological polar surface area (TPSA) is 32.3 Å². The third-order valence-corrected chi connectivity index (χ3v) is 3.37. The Kier molecular flexibility index (Phi) is 4.25. The second kappa shape index (κ2) is 5.55. The molecule has 0 radical (unpaired) electrons. The van der Waals surface area contributed by atoms with Crippen molar-refractivity contribution in [2.24, 2.45) is 0 Å². The maximum Gasteiger partial charge on any atom is 0.276 e. The highest BCUT2D eigenvalue weighted by Gasteiger charge is 2.30. The number of hydrogen-bond acceptors (Lipinski definition) is 2. The summed E-state index contributed by atoms with van der Waals surface area (Å²) in [6.45, 7) is 2.17. The predicted molar refractivity (Wildman–Crippen MR) is 76.8 cm³/mol. The number of benzene rings is 1. The maximum absolute atomic E-state index is 11.5. The zero-order valence-corrected chi connectivity index (χ0v) is 11.9. The Morgan fingerprint density at radius 3 is 2.17 bits per heavy atom. The second-order valence-corrected chi connectivity index (χ2v) is 6.47. The van der Waals surface area contributed by atoms with Crippen LogP contribution in [0.25, 0.3) is 0 Å². The van der Waals surface area contributed by atoms with Crippen LogP contribution in [-0.2, 0) is 4.79 Å². The molecule has 1 saturated heterocycles. The van der Waals surface area contributed by atoms with Gasteiger partial charge in [-0.05, 0) is 37.1 Å². The van der Waals surface area contributed by atoms with E-state index in [-0.39, 0.29) is 0 Å². The van der Waals surface area contributed by atoms with Gasteiger partial charge in [-0.3, -0.25) is 4.79 Å². The molecule has 1 N–H and O–H groups in total. The van der Waals surface area contributed by atoms with E-state index in [2.05, 4.69) is 10.2 Å². The van der Waals surface area contributed by atoms with E-state index in [4.69, 9.17) is 34.8 Å². The molecular formula is C12H13Cl3N2O. The van der Waals surface area contributed by atoms with Crippen molar-refractivity contribution in [3.8, 4) is 0 Å². The highest BCUT2D eigenvalue weighted by molar-refractivity contribution is 6.76. The lowest BCUT2D eigenvalue weighted by Crippen LogP contribution is -2.26. The van der Waals surface area contributed by atoms with E-state index in [9.17, 15) is 4.79 Å². The van der Waals surface area contributed by atoms with Crippen LogP contribution in [0.1, 0.15) is 12.8 Å². The minimum atomic E-state index is -1.94. The Labute approximate surface area is 121 Å². The number of hydrogen-bond donors (Lipinski definition) is 1. The lowest BCUT2D eigenvalue weighted by molar-refractivity contribution is -0.115. The summed E-state index contributed by atoms with van der Waals surface area (Å²) in [4.78, 5) is 13.8. The van der Waals surface area contributed by atoms with Gasteiger partial charge in [-0.15, -0.1) is 0 Å². The second-order valence-electron chi connectivity index (χ2n) is 4.19. The number of rotatable bonds is 2. The van der Waals surface area contributed by atoms with Gasteiger partial charge < -0.3 is 10.2 Å². The van der Waals surface area contributed by atoms with Crippen molar-refractivity contribution in [2.75, 3.05) is 23.3 Å². The van der Waals surface area contributed by atoms with E-state index in [1.165, 1.54) is 12.8 Å². The summed E-state index contributed by atoms with van der Waals surface area (Å²) in [5.74, 6) is -0.651. The summed E-state index contributed by atoms with van der Waals surface area (Å²) in [5.41, 5.74) is 1.77. The first-order valence-electron chi connectivity index (χ1n) is 5.70. The van der Waals surface area contributed by atoms with Gasteiger partial charge in [-0.1, -0.05) is 34.8 Å². The van der Waals surface area contributed by atoms with Gasteiger partial charge in [0.25, 0.3) is 9.70 Å². The van der Waals surface area contributed by atoms with E-state index in [1.807, 2.05) is 24.3 Å². The van der Waals surface area contributed by atoms with Crippen LogP contribution in [-0.4, -0.2) is 22.8 Å².